The van der Waals surface area contributed by atoms with Crippen molar-refractivity contribution < 1.29 is 9.59 Å². The fourth-order valence-corrected chi connectivity index (χ4v) is 3.59. The predicted octanol–water partition coefficient (Wildman–Crippen LogP) is 2.03. The highest BCUT2D eigenvalue weighted by Crippen LogP contribution is 2.31. The molecular weight excluding hydrogens is 354 g/mol. The molecule has 0 spiro atoms. The first-order valence-electron chi connectivity index (χ1n) is 10.2. The number of imidazole rings is 1. The summed E-state index contributed by atoms with van der Waals surface area (Å²) in [5.74, 6) is 1.01. The number of rotatable bonds is 5. The monoisotopic (exact) mass is 387 g/mol. The number of nitrogens with one attached hydrogen (secondary N) is 2. The number of carbonyl (C=O) groups is 2. The molecule has 1 aromatic heterocycles. The highest BCUT2D eigenvalue weighted by Gasteiger charge is 2.34. The number of amides is 2. The zero-order chi connectivity index (χ0) is 20.5. The first-order chi connectivity index (χ1) is 13.2. The summed E-state index contributed by atoms with van der Waals surface area (Å²) in [6.07, 6.45) is 7.75. The van der Waals surface area contributed by atoms with E-state index >= 15 is 0 Å². The number of fused-ring (bicyclic) bond motifs is 1. The summed E-state index contributed by atoms with van der Waals surface area (Å²) in [6.45, 7) is 8.34. The minimum absolute atomic E-state index is 0.197. The predicted molar refractivity (Wildman–Crippen MR) is 110 cm³/mol. The summed E-state index contributed by atoms with van der Waals surface area (Å²) in [5.41, 5.74) is 0.956. The van der Waals surface area contributed by atoms with E-state index in [0.717, 1.165) is 31.0 Å². The Kier molecular flexibility index (Phi) is 5.93. The Balaban J connectivity index is 1.93. The van der Waals surface area contributed by atoms with Gasteiger partial charge in [-0.05, 0) is 50.3 Å². The molecule has 1 aliphatic heterocycles. The molecule has 1 aliphatic carbocycles. The van der Waals surface area contributed by atoms with Crippen LogP contribution in [-0.2, 0) is 17.9 Å². The third-order valence-electron chi connectivity index (χ3n) is 5.45. The van der Waals surface area contributed by atoms with Crippen LogP contribution in [0.5, 0.6) is 0 Å². The highest BCUT2D eigenvalue weighted by molar-refractivity contribution is 5.97. The van der Waals surface area contributed by atoms with Crippen LogP contribution in [0.2, 0.25) is 0 Å². The molecule has 2 aliphatic rings. The van der Waals surface area contributed by atoms with Gasteiger partial charge >= 0.3 is 0 Å². The van der Waals surface area contributed by atoms with Crippen molar-refractivity contribution in [3.05, 3.63) is 23.3 Å². The normalized spacial score (nSPS) is 19.2. The van der Waals surface area contributed by atoms with Crippen LogP contribution in [0.25, 0.3) is 6.08 Å². The largest absolute Gasteiger partial charge is 0.357 e. The van der Waals surface area contributed by atoms with Crippen molar-refractivity contribution in [2.75, 3.05) is 20.6 Å². The highest BCUT2D eigenvalue weighted by atomic mass is 16.2. The second-order valence-electron chi connectivity index (χ2n) is 9.09. The summed E-state index contributed by atoms with van der Waals surface area (Å²) >= 11 is 0. The molecule has 1 aromatic rings. The second-order valence-corrected chi connectivity index (χ2v) is 9.09. The SMILES string of the molecule is CNC(=O)C(NC(=O)c1nc(C=CC2CC2)n2c1CN(C)CCC2)C(C)(C)C. The minimum Gasteiger partial charge on any atom is -0.357 e. The Bertz CT molecular complexity index is 770. The lowest BCUT2D eigenvalue weighted by Crippen LogP contribution is -2.53. The lowest BCUT2D eigenvalue weighted by molar-refractivity contribution is -0.124. The Morgan fingerprint density at radius 2 is 1.96 bits per heavy atom. The molecule has 1 saturated carbocycles. The number of carbonyl (C=O) groups excluding carboxylic acids is 2. The Morgan fingerprint density at radius 3 is 2.57 bits per heavy atom. The van der Waals surface area contributed by atoms with Gasteiger partial charge in [0.25, 0.3) is 5.91 Å². The van der Waals surface area contributed by atoms with E-state index in [2.05, 4.69) is 39.3 Å². The maximum absolute atomic E-state index is 13.2. The number of likely N-dealkylation sites (N-methyl/N-ethyl adjacent to an activating group) is 1. The van der Waals surface area contributed by atoms with Crippen LogP contribution in [0.4, 0.5) is 0 Å². The van der Waals surface area contributed by atoms with Crippen molar-refractivity contribution in [3.8, 4) is 0 Å². The van der Waals surface area contributed by atoms with E-state index in [4.69, 9.17) is 4.98 Å². The quantitative estimate of drug-likeness (QED) is 0.810. The van der Waals surface area contributed by atoms with E-state index in [1.54, 1.807) is 7.05 Å². The molecule has 2 amide bonds. The van der Waals surface area contributed by atoms with Crippen molar-refractivity contribution in [3.63, 3.8) is 0 Å². The molecule has 7 heteroatoms. The van der Waals surface area contributed by atoms with E-state index in [1.165, 1.54) is 12.8 Å². The summed E-state index contributed by atoms with van der Waals surface area (Å²) in [7, 11) is 3.65. The van der Waals surface area contributed by atoms with Gasteiger partial charge in [-0.15, -0.1) is 0 Å². The number of allylic oxidation sites excluding steroid dienone is 1. The van der Waals surface area contributed by atoms with Crippen molar-refractivity contribution in [2.45, 2.75) is 59.2 Å². The second kappa shape index (κ2) is 8.07. The molecule has 154 valence electrons. The van der Waals surface area contributed by atoms with Gasteiger partial charge in [-0.1, -0.05) is 26.8 Å². The molecular formula is C21H33N5O2. The summed E-state index contributed by atoms with van der Waals surface area (Å²) in [6, 6.07) is -0.628. The fourth-order valence-electron chi connectivity index (χ4n) is 3.59. The van der Waals surface area contributed by atoms with Crippen LogP contribution in [0.1, 0.15) is 62.0 Å². The summed E-state index contributed by atoms with van der Waals surface area (Å²) in [4.78, 5) is 32.4. The Labute approximate surface area is 167 Å². The van der Waals surface area contributed by atoms with Crippen molar-refractivity contribution in [1.82, 2.24) is 25.1 Å². The lowest BCUT2D eigenvalue weighted by atomic mass is 9.86. The third-order valence-corrected chi connectivity index (χ3v) is 5.45. The van der Waals surface area contributed by atoms with Crippen LogP contribution < -0.4 is 10.6 Å². The molecule has 0 saturated heterocycles. The molecule has 0 aromatic carbocycles. The topological polar surface area (TPSA) is 79.3 Å². The van der Waals surface area contributed by atoms with Crippen LogP contribution in [0.15, 0.2) is 6.08 Å². The zero-order valence-electron chi connectivity index (χ0n) is 17.7. The Hall–Kier alpha value is -2.15. The molecule has 7 nitrogen and oxygen atoms in total. The maximum Gasteiger partial charge on any atom is 0.272 e. The maximum atomic E-state index is 13.2. The molecule has 1 atom stereocenters. The van der Waals surface area contributed by atoms with Crippen molar-refractivity contribution >= 4 is 17.9 Å². The van der Waals surface area contributed by atoms with Gasteiger partial charge in [0.15, 0.2) is 5.69 Å². The van der Waals surface area contributed by atoms with Crippen LogP contribution in [0, 0.1) is 11.3 Å². The van der Waals surface area contributed by atoms with Gasteiger partial charge in [-0.25, -0.2) is 4.98 Å². The first kappa shape index (κ1) is 20.6. The number of aromatic nitrogens is 2. The summed E-state index contributed by atoms with van der Waals surface area (Å²) < 4.78 is 2.17. The van der Waals surface area contributed by atoms with E-state index in [9.17, 15) is 9.59 Å². The van der Waals surface area contributed by atoms with Crippen molar-refractivity contribution in [1.29, 1.82) is 0 Å². The van der Waals surface area contributed by atoms with E-state index < -0.39 is 11.5 Å². The minimum atomic E-state index is -0.628. The molecule has 1 unspecified atom stereocenters. The molecule has 0 bridgehead atoms. The van der Waals surface area contributed by atoms with Gasteiger partial charge in [0.1, 0.15) is 11.9 Å². The molecule has 28 heavy (non-hydrogen) atoms. The molecule has 1 fully saturated rings. The molecule has 3 rings (SSSR count). The number of hydrogen-bond acceptors (Lipinski definition) is 4. The summed E-state index contributed by atoms with van der Waals surface area (Å²) in [5, 5.41) is 5.58. The van der Waals surface area contributed by atoms with Crippen LogP contribution in [-0.4, -0.2) is 52.9 Å². The number of nitrogens with zero attached hydrogens (tertiary/aromatic N) is 3. The van der Waals surface area contributed by atoms with Crippen LogP contribution >= 0.6 is 0 Å². The van der Waals surface area contributed by atoms with Gasteiger partial charge in [-0.2, -0.15) is 0 Å². The van der Waals surface area contributed by atoms with Crippen LogP contribution in [0.3, 0.4) is 0 Å². The van der Waals surface area contributed by atoms with Gasteiger partial charge in [0.05, 0.1) is 5.69 Å². The smallest absolute Gasteiger partial charge is 0.272 e. The van der Waals surface area contributed by atoms with Gasteiger partial charge < -0.3 is 20.1 Å². The fraction of sp³-hybridized carbons (Fsp3) is 0.667. The van der Waals surface area contributed by atoms with Gasteiger partial charge in [-0.3, -0.25) is 9.59 Å². The van der Waals surface area contributed by atoms with E-state index in [0.29, 0.717) is 18.2 Å². The number of hydrogen-bond donors (Lipinski definition) is 2. The third kappa shape index (κ3) is 4.63. The average molecular weight is 388 g/mol. The molecule has 2 heterocycles. The first-order valence-corrected chi connectivity index (χ1v) is 10.2. The zero-order valence-corrected chi connectivity index (χ0v) is 17.7. The van der Waals surface area contributed by atoms with E-state index in [-0.39, 0.29) is 11.8 Å². The van der Waals surface area contributed by atoms with Gasteiger partial charge in [0.2, 0.25) is 5.91 Å². The lowest BCUT2D eigenvalue weighted by Gasteiger charge is -2.29. The molecule has 2 N–H and O–H groups in total. The van der Waals surface area contributed by atoms with Gasteiger partial charge in [0, 0.05) is 20.1 Å². The standard InChI is InChI=1S/C21H33N5O2/c1-21(2,3)18(20(28)22-4)24-19(27)17-15-13-25(5)11-6-12-26(15)16(23-17)10-9-14-7-8-14/h9-10,14,18H,6-8,11-13H2,1-5H3,(H,22,28)(H,24,27). The Morgan fingerprint density at radius 1 is 1.25 bits per heavy atom. The van der Waals surface area contributed by atoms with Crippen molar-refractivity contribution in [2.24, 2.45) is 11.3 Å². The average Bonchev–Trinajstić information content (AvgIpc) is 3.42. The van der Waals surface area contributed by atoms with E-state index in [1.807, 2.05) is 20.8 Å². The molecule has 0 radical (unpaired) electrons.